The van der Waals surface area contributed by atoms with Crippen LogP contribution in [0.3, 0.4) is 0 Å². The molecule has 21 heavy (non-hydrogen) atoms. The number of ketones is 1. The average molecular weight is 341 g/mol. The topological polar surface area (TPSA) is 17.1 Å². The second kappa shape index (κ2) is 5.61. The largest absolute Gasteiger partial charge is 0.289 e. The molecule has 3 rings (SSSR count). The molecule has 0 saturated carbocycles. The predicted octanol–water partition coefficient (Wildman–Crippen LogP) is 5.48. The Hall–Kier alpha value is -1.67. The maximum Gasteiger partial charge on any atom is 0.194 e. The van der Waals surface area contributed by atoms with Crippen molar-refractivity contribution < 1.29 is 4.79 Å². The van der Waals surface area contributed by atoms with Crippen molar-refractivity contribution in [2.75, 3.05) is 0 Å². The second-order valence-corrected chi connectivity index (χ2v) is 6.44. The summed E-state index contributed by atoms with van der Waals surface area (Å²) in [5, 5.41) is 0. The number of fused-ring (bicyclic) bond motifs is 3. The van der Waals surface area contributed by atoms with Gasteiger partial charge in [-0.3, -0.25) is 4.79 Å². The standard InChI is InChI=1S/C19H17BrO/c1-3-4-5-6-13-10-16-15-8-7-14(20)11-18(15)19(21)17(16)9-12(13)2/h3,7-11H,1,4-6H2,2H3. The molecule has 1 nitrogen and oxygen atoms in total. The first-order chi connectivity index (χ1) is 10.1. The molecular formula is C19H17BrO. The van der Waals surface area contributed by atoms with Gasteiger partial charge in [0.25, 0.3) is 0 Å². The van der Waals surface area contributed by atoms with E-state index >= 15 is 0 Å². The van der Waals surface area contributed by atoms with Gasteiger partial charge >= 0.3 is 0 Å². The van der Waals surface area contributed by atoms with Crippen LogP contribution in [-0.2, 0) is 6.42 Å². The Balaban J connectivity index is 2.06. The molecule has 2 aromatic carbocycles. The first-order valence-electron chi connectivity index (χ1n) is 7.21. The summed E-state index contributed by atoms with van der Waals surface area (Å²) in [6.45, 7) is 5.86. The van der Waals surface area contributed by atoms with Crippen LogP contribution in [0, 0.1) is 6.92 Å². The molecule has 0 saturated heterocycles. The molecule has 0 aromatic heterocycles. The Morgan fingerprint density at radius 3 is 2.62 bits per heavy atom. The summed E-state index contributed by atoms with van der Waals surface area (Å²) >= 11 is 3.45. The van der Waals surface area contributed by atoms with Crippen molar-refractivity contribution in [2.45, 2.75) is 26.2 Å². The third-order valence-corrected chi connectivity index (χ3v) is 4.58. The third-order valence-electron chi connectivity index (χ3n) is 4.09. The van der Waals surface area contributed by atoms with E-state index in [1.165, 1.54) is 11.1 Å². The minimum Gasteiger partial charge on any atom is -0.289 e. The minimum absolute atomic E-state index is 0.141. The van der Waals surface area contributed by atoms with Crippen LogP contribution in [0.1, 0.15) is 39.9 Å². The van der Waals surface area contributed by atoms with E-state index in [-0.39, 0.29) is 5.78 Å². The van der Waals surface area contributed by atoms with E-state index in [4.69, 9.17) is 0 Å². The van der Waals surface area contributed by atoms with Crippen LogP contribution >= 0.6 is 15.9 Å². The lowest BCUT2D eigenvalue weighted by molar-refractivity contribution is 0.104. The van der Waals surface area contributed by atoms with E-state index in [1.54, 1.807) is 0 Å². The number of allylic oxidation sites excluding steroid dienone is 1. The van der Waals surface area contributed by atoms with Gasteiger partial charge in [-0.25, -0.2) is 0 Å². The van der Waals surface area contributed by atoms with Gasteiger partial charge in [0.15, 0.2) is 5.78 Å². The Morgan fingerprint density at radius 2 is 1.86 bits per heavy atom. The lowest BCUT2D eigenvalue weighted by atomic mass is 9.95. The quantitative estimate of drug-likeness (QED) is 0.454. The summed E-state index contributed by atoms with van der Waals surface area (Å²) < 4.78 is 0.949. The number of rotatable bonds is 4. The van der Waals surface area contributed by atoms with E-state index in [1.807, 2.05) is 24.3 Å². The highest BCUT2D eigenvalue weighted by Gasteiger charge is 2.27. The van der Waals surface area contributed by atoms with Crippen LogP contribution < -0.4 is 0 Å². The Kier molecular flexibility index (Phi) is 3.81. The maximum atomic E-state index is 12.5. The molecule has 2 heteroatoms. The lowest BCUT2D eigenvalue weighted by Crippen LogP contribution is -1.98. The van der Waals surface area contributed by atoms with Gasteiger partial charge in [0.2, 0.25) is 0 Å². The zero-order valence-electron chi connectivity index (χ0n) is 12.1. The number of halogens is 1. The van der Waals surface area contributed by atoms with E-state index in [9.17, 15) is 4.79 Å². The molecule has 0 atom stereocenters. The van der Waals surface area contributed by atoms with E-state index in [0.717, 1.165) is 46.0 Å². The van der Waals surface area contributed by atoms with E-state index < -0.39 is 0 Å². The Bertz CT molecular complexity index is 743. The monoisotopic (exact) mass is 340 g/mol. The molecule has 0 amide bonds. The summed E-state index contributed by atoms with van der Waals surface area (Å²) in [4.78, 5) is 12.5. The smallest absolute Gasteiger partial charge is 0.194 e. The van der Waals surface area contributed by atoms with Crippen molar-refractivity contribution in [1.82, 2.24) is 0 Å². The Morgan fingerprint density at radius 1 is 1.10 bits per heavy atom. The van der Waals surface area contributed by atoms with Crippen LogP contribution in [-0.4, -0.2) is 5.78 Å². The fourth-order valence-corrected chi connectivity index (χ4v) is 3.32. The summed E-state index contributed by atoms with van der Waals surface area (Å²) in [5.74, 6) is 0.141. The predicted molar refractivity (Wildman–Crippen MR) is 90.9 cm³/mol. The molecule has 106 valence electrons. The zero-order chi connectivity index (χ0) is 15.0. The number of unbranched alkanes of at least 4 members (excludes halogenated alkanes) is 1. The fourth-order valence-electron chi connectivity index (χ4n) is 2.95. The normalized spacial score (nSPS) is 12.2. The molecule has 0 N–H and O–H groups in total. The number of hydrogen-bond donors (Lipinski definition) is 0. The van der Waals surface area contributed by atoms with Gasteiger partial charge in [-0.2, -0.15) is 0 Å². The zero-order valence-corrected chi connectivity index (χ0v) is 13.7. The second-order valence-electron chi connectivity index (χ2n) is 5.52. The molecule has 2 aromatic rings. The van der Waals surface area contributed by atoms with Crippen molar-refractivity contribution in [3.63, 3.8) is 0 Å². The number of carbonyl (C=O) groups excluding carboxylic acids is 1. The van der Waals surface area contributed by atoms with Crippen molar-refractivity contribution in [2.24, 2.45) is 0 Å². The Labute approximate surface area is 133 Å². The number of hydrogen-bond acceptors (Lipinski definition) is 1. The number of benzene rings is 2. The summed E-state index contributed by atoms with van der Waals surface area (Å²) in [6, 6.07) is 10.2. The van der Waals surface area contributed by atoms with Crippen molar-refractivity contribution in [3.05, 3.63) is 69.7 Å². The van der Waals surface area contributed by atoms with E-state index in [2.05, 4.69) is 41.6 Å². The molecule has 0 fully saturated rings. The van der Waals surface area contributed by atoms with Crippen LogP contribution in [0.5, 0.6) is 0 Å². The molecular weight excluding hydrogens is 324 g/mol. The molecule has 0 aliphatic heterocycles. The highest BCUT2D eigenvalue weighted by molar-refractivity contribution is 9.10. The van der Waals surface area contributed by atoms with Crippen LogP contribution in [0.25, 0.3) is 11.1 Å². The van der Waals surface area contributed by atoms with Gasteiger partial charge in [0, 0.05) is 15.6 Å². The molecule has 1 aliphatic rings. The molecule has 0 unspecified atom stereocenters. The first-order valence-corrected chi connectivity index (χ1v) is 8.00. The SMILES string of the molecule is C=CCCCc1cc2c(cc1C)C(=O)c1cc(Br)ccc1-2. The van der Waals surface area contributed by atoms with Gasteiger partial charge < -0.3 is 0 Å². The van der Waals surface area contributed by atoms with Crippen LogP contribution in [0.15, 0.2) is 47.5 Å². The molecule has 0 heterocycles. The highest BCUT2D eigenvalue weighted by atomic mass is 79.9. The van der Waals surface area contributed by atoms with Gasteiger partial charge in [-0.1, -0.05) is 34.1 Å². The molecule has 1 aliphatic carbocycles. The molecule has 0 bridgehead atoms. The average Bonchev–Trinajstić information content (AvgIpc) is 2.72. The fraction of sp³-hybridized carbons (Fsp3) is 0.211. The number of carbonyl (C=O) groups is 1. The van der Waals surface area contributed by atoms with Gasteiger partial charge in [0.05, 0.1) is 0 Å². The molecule has 0 spiro atoms. The lowest BCUT2D eigenvalue weighted by Gasteiger charge is -2.09. The summed E-state index contributed by atoms with van der Waals surface area (Å²) in [5.41, 5.74) is 6.33. The van der Waals surface area contributed by atoms with Gasteiger partial charge in [0.1, 0.15) is 0 Å². The molecule has 0 radical (unpaired) electrons. The minimum atomic E-state index is 0.141. The van der Waals surface area contributed by atoms with Crippen molar-refractivity contribution in [1.29, 1.82) is 0 Å². The summed E-state index contributed by atoms with van der Waals surface area (Å²) in [7, 11) is 0. The van der Waals surface area contributed by atoms with E-state index in [0.29, 0.717) is 0 Å². The first kappa shape index (κ1) is 14.3. The summed E-state index contributed by atoms with van der Waals surface area (Å²) in [6.07, 6.45) is 5.12. The van der Waals surface area contributed by atoms with Crippen LogP contribution in [0.4, 0.5) is 0 Å². The van der Waals surface area contributed by atoms with Crippen molar-refractivity contribution >= 4 is 21.7 Å². The van der Waals surface area contributed by atoms with Gasteiger partial charge in [-0.05, 0) is 66.6 Å². The maximum absolute atomic E-state index is 12.5. The number of aryl methyl sites for hydroxylation is 2. The van der Waals surface area contributed by atoms with Crippen molar-refractivity contribution in [3.8, 4) is 11.1 Å². The third kappa shape index (κ3) is 2.49. The van der Waals surface area contributed by atoms with Gasteiger partial charge in [-0.15, -0.1) is 6.58 Å². The highest BCUT2D eigenvalue weighted by Crippen LogP contribution is 2.39. The van der Waals surface area contributed by atoms with Crippen LogP contribution in [0.2, 0.25) is 0 Å².